The van der Waals surface area contributed by atoms with E-state index in [0.717, 1.165) is 27.9 Å². The molecule has 0 saturated carbocycles. The number of nitrogens with two attached hydrogens (primary N) is 1. The quantitative estimate of drug-likeness (QED) is 0.794. The second-order valence-corrected chi connectivity index (χ2v) is 4.87. The maximum Gasteiger partial charge on any atom is 0.133 e. The van der Waals surface area contributed by atoms with Gasteiger partial charge in [-0.05, 0) is 40.5 Å². The highest BCUT2D eigenvalue weighted by molar-refractivity contribution is 9.10. The molecule has 0 spiro atoms. The normalized spacial score (nSPS) is 12.2. The summed E-state index contributed by atoms with van der Waals surface area (Å²) in [5, 5.41) is 3.36. The lowest BCUT2D eigenvalue weighted by Crippen LogP contribution is -2.29. The molecule has 1 unspecified atom stereocenters. The summed E-state index contributed by atoms with van der Waals surface area (Å²) >= 11 is 3.47. The standard InChI is InChI=1S/C13H19BrN2O/c1-9(2)8-16-12(7-15)10-4-5-13(17-3)11(14)6-10/h4-6,12,16H,1,7-8,15H2,2-3H3. The summed E-state index contributed by atoms with van der Waals surface area (Å²) in [4.78, 5) is 0. The highest BCUT2D eigenvalue weighted by atomic mass is 79.9. The van der Waals surface area contributed by atoms with Gasteiger partial charge in [0.2, 0.25) is 0 Å². The number of hydrogen-bond donors (Lipinski definition) is 2. The second-order valence-electron chi connectivity index (χ2n) is 4.02. The molecule has 0 saturated heterocycles. The van der Waals surface area contributed by atoms with Crippen molar-refractivity contribution in [2.75, 3.05) is 20.2 Å². The van der Waals surface area contributed by atoms with Crippen molar-refractivity contribution in [2.45, 2.75) is 13.0 Å². The number of methoxy groups -OCH3 is 1. The molecule has 1 aromatic rings. The molecule has 1 atom stereocenters. The first kappa shape index (κ1) is 14.2. The molecule has 0 fully saturated rings. The van der Waals surface area contributed by atoms with Crippen LogP contribution in [-0.2, 0) is 0 Å². The molecule has 3 N–H and O–H groups in total. The van der Waals surface area contributed by atoms with E-state index < -0.39 is 0 Å². The van der Waals surface area contributed by atoms with Crippen molar-refractivity contribution in [1.82, 2.24) is 5.32 Å². The number of halogens is 1. The minimum Gasteiger partial charge on any atom is -0.496 e. The predicted octanol–water partition coefficient (Wildman–Crippen LogP) is 2.62. The Morgan fingerprint density at radius 1 is 1.59 bits per heavy atom. The molecule has 3 nitrogen and oxygen atoms in total. The van der Waals surface area contributed by atoms with Gasteiger partial charge in [0, 0.05) is 19.1 Å². The van der Waals surface area contributed by atoms with Gasteiger partial charge >= 0.3 is 0 Å². The SMILES string of the molecule is C=C(C)CNC(CN)c1ccc(OC)c(Br)c1. The second kappa shape index (κ2) is 6.79. The van der Waals surface area contributed by atoms with E-state index in [1.165, 1.54) is 0 Å². The summed E-state index contributed by atoms with van der Waals surface area (Å²) in [5.41, 5.74) is 8.01. The molecular formula is C13H19BrN2O. The third kappa shape index (κ3) is 4.15. The number of ether oxygens (including phenoxy) is 1. The highest BCUT2D eigenvalue weighted by Gasteiger charge is 2.10. The highest BCUT2D eigenvalue weighted by Crippen LogP contribution is 2.27. The van der Waals surface area contributed by atoms with Gasteiger partial charge in [0.05, 0.1) is 11.6 Å². The fraction of sp³-hybridized carbons (Fsp3) is 0.385. The van der Waals surface area contributed by atoms with Gasteiger partial charge < -0.3 is 15.8 Å². The van der Waals surface area contributed by atoms with Crippen molar-refractivity contribution in [3.05, 3.63) is 40.4 Å². The molecule has 1 aromatic carbocycles. The van der Waals surface area contributed by atoms with Crippen LogP contribution in [0, 0.1) is 0 Å². The van der Waals surface area contributed by atoms with E-state index in [1.807, 2.05) is 25.1 Å². The van der Waals surface area contributed by atoms with E-state index in [2.05, 4.69) is 27.8 Å². The molecule has 0 aliphatic heterocycles. The van der Waals surface area contributed by atoms with Crippen LogP contribution < -0.4 is 15.8 Å². The van der Waals surface area contributed by atoms with Crippen molar-refractivity contribution < 1.29 is 4.74 Å². The maximum atomic E-state index is 5.77. The lowest BCUT2D eigenvalue weighted by molar-refractivity contribution is 0.411. The maximum absolute atomic E-state index is 5.77. The first-order valence-corrected chi connectivity index (χ1v) is 6.29. The monoisotopic (exact) mass is 298 g/mol. The zero-order chi connectivity index (χ0) is 12.8. The molecule has 4 heteroatoms. The van der Waals surface area contributed by atoms with Crippen molar-refractivity contribution >= 4 is 15.9 Å². The van der Waals surface area contributed by atoms with E-state index >= 15 is 0 Å². The van der Waals surface area contributed by atoms with Crippen LogP contribution in [0.25, 0.3) is 0 Å². The smallest absolute Gasteiger partial charge is 0.133 e. The largest absolute Gasteiger partial charge is 0.496 e. The first-order chi connectivity index (χ1) is 8.08. The molecule has 0 bridgehead atoms. The van der Waals surface area contributed by atoms with E-state index in [1.54, 1.807) is 7.11 Å². The Morgan fingerprint density at radius 3 is 2.76 bits per heavy atom. The number of rotatable bonds is 6. The van der Waals surface area contributed by atoms with E-state index in [0.29, 0.717) is 6.54 Å². The predicted molar refractivity (Wildman–Crippen MR) is 75.3 cm³/mol. The Kier molecular flexibility index (Phi) is 5.68. The van der Waals surface area contributed by atoms with Gasteiger partial charge in [-0.3, -0.25) is 0 Å². The van der Waals surface area contributed by atoms with Crippen LogP contribution in [0.5, 0.6) is 5.75 Å². The van der Waals surface area contributed by atoms with Gasteiger partial charge in [0.1, 0.15) is 5.75 Å². The van der Waals surface area contributed by atoms with E-state index in [-0.39, 0.29) is 6.04 Å². The lowest BCUT2D eigenvalue weighted by atomic mass is 10.1. The average molecular weight is 299 g/mol. The molecule has 0 amide bonds. The fourth-order valence-electron chi connectivity index (χ4n) is 1.53. The molecule has 0 radical (unpaired) electrons. The van der Waals surface area contributed by atoms with Crippen LogP contribution in [0.4, 0.5) is 0 Å². The van der Waals surface area contributed by atoms with Gasteiger partial charge in [-0.25, -0.2) is 0 Å². The number of hydrogen-bond acceptors (Lipinski definition) is 3. The van der Waals surface area contributed by atoms with Crippen molar-refractivity contribution in [3.8, 4) is 5.75 Å². The topological polar surface area (TPSA) is 47.3 Å². The fourth-order valence-corrected chi connectivity index (χ4v) is 2.09. The summed E-state index contributed by atoms with van der Waals surface area (Å²) in [7, 11) is 1.65. The van der Waals surface area contributed by atoms with Gasteiger partial charge in [-0.2, -0.15) is 0 Å². The first-order valence-electron chi connectivity index (χ1n) is 5.49. The van der Waals surface area contributed by atoms with Crippen LogP contribution in [0.15, 0.2) is 34.8 Å². The van der Waals surface area contributed by atoms with Crippen LogP contribution in [0.1, 0.15) is 18.5 Å². The summed E-state index contributed by atoms with van der Waals surface area (Å²) < 4.78 is 6.14. The van der Waals surface area contributed by atoms with Gasteiger partial charge in [-0.15, -0.1) is 0 Å². The summed E-state index contributed by atoms with van der Waals surface area (Å²) in [5.74, 6) is 0.824. The zero-order valence-electron chi connectivity index (χ0n) is 10.3. The molecule has 0 aromatic heterocycles. The Bertz CT molecular complexity index is 393. The molecule has 0 heterocycles. The van der Waals surface area contributed by atoms with Crippen LogP contribution in [-0.4, -0.2) is 20.2 Å². The van der Waals surface area contributed by atoms with Crippen LogP contribution in [0.2, 0.25) is 0 Å². The van der Waals surface area contributed by atoms with Crippen LogP contribution in [0.3, 0.4) is 0 Å². The van der Waals surface area contributed by atoms with Gasteiger partial charge in [0.15, 0.2) is 0 Å². The summed E-state index contributed by atoms with van der Waals surface area (Å²) in [6, 6.07) is 6.12. The third-order valence-corrected chi connectivity index (χ3v) is 3.08. The molecule has 0 aliphatic rings. The number of nitrogens with one attached hydrogen (secondary N) is 1. The Labute approximate surface area is 111 Å². The number of benzene rings is 1. The summed E-state index contributed by atoms with van der Waals surface area (Å²) in [6.07, 6.45) is 0. The van der Waals surface area contributed by atoms with Crippen molar-refractivity contribution in [3.63, 3.8) is 0 Å². The van der Waals surface area contributed by atoms with Crippen molar-refractivity contribution in [2.24, 2.45) is 5.73 Å². The molecule has 0 aliphatic carbocycles. The van der Waals surface area contributed by atoms with Gasteiger partial charge in [-0.1, -0.05) is 18.2 Å². The Hall–Kier alpha value is -0.840. The van der Waals surface area contributed by atoms with E-state index in [4.69, 9.17) is 10.5 Å². The lowest BCUT2D eigenvalue weighted by Gasteiger charge is -2.18. The minimum absolute atomic E-state index is 0.133. The molecule has 1 rings (SSSR count). The third-order valence-electron chi connectivity index (χ3n) is 2.46. The Morgan fingerprint density at radius 2 is 2.29 bits per heavy atom. The summed E-state index contributed by atoms with van der Waals surface area (Å²) in [6.45, 7) is 7.18. The van der Waals surface area contributed by atoms with Crippen LogP contribution >= 0.6 is 15.9 Å². The molecular weight excluding hydrogens is 280 g/mol. The zero-order valence-corrected chi connectivity index (χ0v) is 11.9. The molecule has 17 heavy (non-hydrogen) atoms. The minimum atomic E-state index is 0.133. The van der Waals surface area contributed by atoms with Crippen molar-refractivity contribution in [1.29, 1.82) is 0 Å². The molecule has 94 valence electrons. The average Bonchev–Trinajstić information content (AvgIpc) is 2.29. The van der Waals surface area contributed by atoms with Gasteiger partial charge in [0.25, 0.3) is 0 Å². The van der Waals surface area contributed by atoms with E-state index in [9.17, 15) is 0 Å². The Balaban J connectivity index is 2.81.